The number of alkyl halides is 1. The van der Waals surface area contributed by atoms with Crippen LogP contribution in [0.5, 0.6) is 0 Å². The Labute approximate surface area is 204 Å². The molecule has 1 aliphatic heterocycles. The highest BCUT2D eigenvalue weighted by atomic mass is 79.9. The minimum atomic E-state index is -1.12. The molecule has 0 radical (unpaired) electrons. The van der Waals surface area contributed by atoms with Gasteiger partial charge in [0.1, 0.15) is 0 Å². The lowest BCUT2D eigenvalue weighted by atomic mass is 10.0. The standard InChI is InChI=1S/C26H21BrO7/c27-23-22(34-26(30)19-14-8-3-9-15-19)21(33-25(29)18-12-6-2-7-13-18)20(16-31-23)32-24(28)17-10-4-1-5-11-17/h1-15,20-23H,16H2/t20-,21-,22+,23?/m0/s1. The zero-order chi connectivity index (χ0) is 23.9. The first-order chi connectivity index (χ1) is 16.5. The molecule has 0 aliphatic carbocycles. The molecule has 3 aromatic carbocycles. The van der Waals surface area contributed by atoms with E-state index in [1.165, 1.54) is 0 Å². The largest absolute Gasteiger partial charge is 0.452 e. The Balaban J connectivity index is 1.59. The second-order valence-corrected chi connectivity index (χ2v) is 8.37. The summed E-state index contributed by atoms with van der Waals surface area (Å²) in [5.74, 6) is -1.89. The summed E-state index contributed by atoms with van der Waals surface area (Å²) in [5.41, 5.74) is 0.953. The highest BCUT2D eigenvalue weighted by Gasteiger charge is 2.47. The van der Waals surface area contributed by atoms with E-state index in [9.17, 15) is 14.4 Å². The molecule has 4 atom stereocenters. The molecule has 1 heterocycles. The van der Waals surface area contributed by atoms with Gasteiger partial charge in [0.25, 0.3) is 0 Å². The van der Waals surface area contributed by atoms with Gasteiger partial charge in [-0.25, -0.2) is 14.4 Å². The lowest BCUT2D eigenvalue weighted by Gasteiger charge is -2.38. The summed E-state index contributed by atoms with van der Waals surface area (Å²) in [6, 6.07) is 25.2. The van der Waals surface area contributed by atoms with Crippen molar-refractivity contribution < 1.29 is 33.3 Å². The summed E-state index contributed by atoms with van der Waals surface area (Å²) in [6.45, 7) is -0.0688. The van der Waals surface area contributed by atoms with E-state index in [4.69, 9.17) is 18.9 Å². The van der Waals surface area contributed by atoms with Crippen molar-refractivity contribution in [2.45, 2.75) is 23.3 Å². The molecule has 4 rings (SSSR count). The molecule has 3 aromatic rings. The molecule has 0 saturated carbocycles. The summed E-state index contributed by atoms with van der Waals surface area (Å²) >= 11 is 3.35. The zero-order valence-corrected chi connectivity index (χ0v) is 19.5. The van der Waals surface area contributed by atoms with Crippen molar-refractivity contribution in [2.24, 2.45) is 0 Å². The molecule has 1 unspecified atom stereocenters. The molecular weight excluding hydrogens is 504 g/mol. The Hall–Kier alpha value is -3.49. The normalized spacial score (nSPS) is 21.8. The van der Waals surface area contributed by atoms with Gasteiger partial charge in [0.15, 0.2) is 23.3 Å². The fourth-order valence-electron chi connectivity index (χ4n) is 3.41. The zero-order valence-electron chi connectivity index (χ0n) is 17.9. The van der Waals surface area contributed by atoms with E-state index in [0.29, 0.717) is 16.7 Å². The molecule has 0 aromatic heterocycles. The van der Waals surface area contributed by atoms with E-state index in [0.717, 1.165) is 0 Å². The Bertz CT molecular complexity index is 1120. The third-order valence-corrected chi connectivity index (χ3v) is 5.93. The number of carbonyl (C=O) groups excluding carboxylic acids is 3. The maximum Gasteiger partial charge on any atom is 0.338 e. The molecule has 1 fully saturated rings. The van der Waals surface area contributed by atoms with Crippen LogP contribution in [0.2, 0.25) is 0 Å². The van der Waals surface area contributed by atoms with Gasteiger partial charge in [-0.1, -0.05) is 70.5 Å². The maximum atomic E-state index is 12.9. The second-order valence-electron chi connectivity index (χ2n) is 7.47. The molecule has 0 amide bonds. The van der Waals surface area contributed by atoms with Crippen molar-refractivity contribution in [3.05, 3.63) is 108 Å². The van der Waals surface area contributed by atoms with E-state index in [1.54, 1.807) is 91.0 Å². The number of hydrogen-bond donors (Lipinski definition) is 0. The summed E-state index contributed by atoms with van der Waals surface area (Å²) < 4.78 is 22.7. The van der Waals surface area contributed by atoms with Crippen LogP contribution in [-0.4, -0.2) is 47.8 Å². The predicted octanol–water partition coefficient (Wildman–Crippen LogP) is 4.41. The molecule has 1 aliphatic rings. The van der Waals surface area contributed by atoms with Gasteiger partial charge in [-0.3, -0.25) is 0 Å². The number of carbonyl (C=O) groups is 3. The second kappa shape index (κ2) is 11.1. The average molecular weight is 525 g/mol. The van der Waals surface area contributed by atoms with Crippen molar-refractivity contribution in [1.29, 1.82) is 0 Å². The molecule has 0 spiro atoms. The quantitative estimate of drug-likeness (QED) is 0.268. The van der Waals surface area contributed by atoms with E-state index >= 15 is 0 Å². The van der Waals surface area contributed by atoms with Gasteiger partial charge in [0.05, 0.1) is 23.3 Å². The van der Waals surface area contributed by atoms with Crippen LogP contribution in [0.4, 0.5) is 0 Å². The number of benzene rings is 3. The van der Waals surface area contributed by atoms with Crippen LogP contribution in [-0.2, 0) is 18.9 Å². The minimum Gasteiger partial charge on any atom is -0.452 e. The monoisotopic (exact) mass is 524 g/mol. The van der Waals surface area contributed by atoms with E-state index in [2.05, 4.69) is 15.9 Å². The SMILES string of the molecule is O=C(O[C@H]1[C@@H](OC(=O)c2ccccc2)COC(Br)[C@@H]1OC(=O)c1ccccc1)c1ccccc1. The highest BCUT2D eigenvalue weighted by molar-refractivity contribution is 9.09. The number of esters is 3. The van der Waals surface area contributed by atoms with E-state index < -0.39 is 41.2 Å². The Morgan fingerprint density at radius 2 is 1.00 bits per heavy atom. The molecule has 0 N–H and O–H groups in total. The van der Waals surface area contributed by atoms with Gasteiger partial charge in [-0.15, -0.1) is 0 Å². The molecule has 174 valence electrons. The van der Waals surface area contributed by atoms with Crippen LogP contribution in [0.3, 0.4) is 0 Å². The average Bonchev–Trinajstić information content (AvgIpc) is 2.89. The maximum absolute atomic E-state index is 12.9. The van der Waals surface area contributed by atoms with Crippen molar-refractivity contribution >= 4 is 33.8 Å². The molecule has 1 saturated heterocycles. The van der Waals surface area contributed by atoms with Gasteiger partial charge in [-0.2, -0.15) is 0 Å². The van der Waals surface area contributed by atoms with Crippen molar-refractivity contribution in [1.82, 2.24) is 0 Å². The first-order valence-corrected chi connectivity index (χ1v) is 11.5. The van der Waals surface area contributed by atoms with Crippen LogP contribution in [0.1, 0.15) is 31.1 Å². The van der Waals surface area contributed by atoms with Crippen LogP contribution >= 0.6 is 15.9 Å². The van der Waals surface area contributed by atoms with Crippen LogP contribution in [0.15, 0.2) is 91.0 Å². The van der Waals surface area contributed by atoms with Crippen LogP contribution in [0, 0.1) is 0 Å². The fraction of sp³-hybridized carbons (Fsp3) is 0.192. The van der Waals surface area contributed by atoms with Gasteiger partial charge in [0, 0.05) is 0 Å². The molecule has 34 heavy (non-hydrogen) atoms. The van der Waals surface area contributed by atoms with Gasteiger partial charge in [-0.05, 0) is 36.4 Å². The Morgan fingerprint density at radius 1 is 0.618 bits per heavy atom. The van der Waals surface area contributed by atoms with E-state index in [1.807, 2.05) is 0 Å². The smallest absolute Gasteiger partial charge is 0.338 e. The molecule has 0 bridgehead atoms. The minimum absolute atomic E-state index is 0.0688. The third-order valence-electron chi connectivity index (χ3n) is 5.14. The fourth-order valence-corrected chi connectivity index (χ4v) is 3.97. The lowest BCUT2D eigenvalue weighted by molar-refractivity contribution is -0.165. The number of rotatable bonds is 6. The van der Waals surface area contributed by atoms with Crippen LogP contribution < -0.4 is 0 Å². The first kappa shape index (κ1) is 23.7. The number of hydrogen-bond acceptors (Lipinski definition) is 7. The Kier molecular flexibility index (Phi) is 7.72. The summed E-state index contributed by atoms with van der Waals surface area (Å²) in [7, 11) is 0. The van der Waals surface area contributed by atoms with Gasteiger partial charge < -0.3 is 18.9 Å². The van der Waals surface area contributed by atoms with Crippen molar-refractivity contribution in [3.63, 3.8) is 0 Å². The Morgan fingerprint density at radius 3 is 1.44 bits per heavy atom. The molecular formula is C26H21BrO7. The molecule has 7 nitrogen and oxygen atoms in total. The summed E-state index contributed by atoms with van der Waals surface area (Å²) in [4.78, 5) is 38.3. The lowest BCUT2D eigenvalue weighted by Crippen LogP contribution is -2.56. The highest BCUT2D eigenvalue weighted by Crippen LogP contribution is 2.29. The van der Waals surface area contributed by atoms with Crippen molar-refractivity contribution in [2.75, 3.05) is 6.61 Å². The third kappa shape index (κ3) is 5.70. The number of ether oxygens (including phenoxy) is 4. The summed E-state index contributed by atoms with van der Waals surface area (Å²) in [6.07, 6.45) is -3.21. The summed E-state index contributed by atoms with van der Waals surface area (Å²) in [5, 5.41) is -0.791. The van der Waals surface area contributed by atoms with E-state index in [-0.39, 0.29) is 6.61 Å². The first-order valence-electron chi connectivity index (χ1n) is 10.6. The van der Waals surface area contributed by atoms with Crippen LogP contribution in [0.25, 0.3) is 0 Å². The van der Waals surface area contributed by atoms with Gasteiger partial charge >= 0.3 is 17.9 Å². The topological polar surface area (TPSA) is 88.1 Å². The predicted molar refractivity (Wildman–Crippen MR) is 126 cm³/mol. The molecule has 8 heteroatoms. The van der Waals surface area contributed by atoms with Crippen molar-refractivity contribution in [3.8, 4) is 0 Å². The van der Waals surface area contributed by atoms with Gasteiger partial charge in [0.2, 0.25) is 0 Å². The number of halogens is 1.